The lowest BCUT2D eigenvalue weighted by atomic mass is 10.2. The Bertz CT molecular complexity index is 513. The van der Waals surface area contributed by atoms with Gasteiger partial charge in [0, 0.05) is 18.0 Å². The van der Waals surface area contributed by atoms with Crippen LogP contribution in [0.15, 0.2) is 24.5 Å². The van der Waals surface area contributed by atoms with Gasteiger partial charge in [0.05, 0.1) is 6.61 Å². The van der Waals surface area contributed by atoms with Crippen LogP contribution in [0.5, 0.6) is 0 Å². The third-order valence-electron chi connectivity index (χ3n) is 2.34. The van der Waals surface area contributed by atoms with Gasteiger partial charge in [-0.1, -0.05) is 17.8 Å². The molecular formula is C12H13N3O2S. The van der Waals surface area contributed by atoms with Gasteiger partial charge >= 0.3 is 5.97 Å². The number of ether oxygens (including phenoxy) is 1. The maximum Gasteiger partial charge on any atom is 0.352 e. The average Bonchev–Trinajstić information content (AvgIpc) is 2.89. The monoisotopic (exact) mass is 263 g/mol. The van der Waals surface area contributed by atoms with Crippen molar-refractivity contribution >= 4 is 17.5 Å². The van der Waals surface area contributed by atoms with E-state index in [0.29, 0.717) is 17.2 Å². The van der Waals surface area contributed by atoms with E-state index in [1.807, 2.05) is 13.0 Å². The van der Waals surface area contributed by atoms with Crippen LogP contribution in [-0.4, -0.2) is 27.1 Å². The lowest BCUT2D eigenvalue weighted by Gasteiger charge is -2.02. The number of carbonyl (C=O) groups excluding carboxylic acids is 1. The van der Waals surface area contributed by atoms with Crippen LogP contribution < -0.4 is 0 Å². The molecule has 2 rings (SSSR count). The van der Waals surface area contributed by atoms with Crippen molar-refractivity contribution in [2.75, 3.05) is 6.61 Å². The highest BCUT2D eigenvalue weighted by Gasteiger charge is 2.18. The summed E-state index contributed by atoms with van der Waals surface area (Å²) in [4.78, 5) is 16.3. The summed E-state index contributed by atoms with van der Waals surface area (Å²) >= 11 is 1.05. The van der Waals surface area contributed by atoms with E-state index in [1.165, 1.54) is 0 Å². The Morgan fingerprint density at radius 3 is 3.11 bits per heavy atom. The molecular weight excluding hydrogens is 250 g/mol. The lowest BCUT2D eigenvalue weighted by molar-refractivity contribution is 0.0506. The zero-order valence-electron chi connectivity index (χ0n) is 10.00. The van der Waals surface area contributed by atoms with Crippen molar-refractivity contribution in [2.24, 2.45) is 0 Å². The standard InChI is InChI=1S/C12H13N3O2S/c1-2-3-7-17-12(16)11-10(14-15-18-11)9-5-4-6-13-8-9/h4-6,8H,2-3,7H2,1H3. The van der Waals surface area contributed by atoms with Crippen LogP contribution in [0.2, 0.25) is 0 Å². The van der Waals surface area contributed by atoms with Crippen LogP contribution in [0.25, 0.3) is 11.3 Å². The molecule has 2 aromatic rings. The number of unbranched alkanes of at least 4 members (excludes halogenated alkanes) is 1. The second-order valence-electron chi connectivity index (χ2n) is 3.68. The molecule has 0 aliphatic heterocycles. The number of nitrogens with zero attached hydrogens (tertiary/aromatic N) is 3. The van der Waals surface area contributed by atoms with E-state index in [2.05, 4.69) is 14.6 Å². The third-order valence-corrected chi connectivity index (χ3v) is 3.05. The summed E-state index contributed by atoms with van der Waals surface area (Å²) in [5.74, 6) is -0.364. The van der Waals surface area contributed by atoms with Crippen molar-refractivity contribution in [3.05, 3.63) is 29.4 Å². The van der Waals surface area contributed by atoms with E-state index in [0.717, 1.165) is 29.9 Å². The molecule has 6 heteroatoms. The van der Waals surface area contributed by atoms with Crippen LogP contribution in [0.1, 0.15) is 29.4 Å². The molecule has 5 nitrogen and oxygen atoms in total. The molecule has 0 saturated carbocycles. The molecule has 0 aliphatic rings. The van der Waals surface area contributed by atoms with Crippen LogP contribution in [-0.2, 0) is 4.74 Å². The van der Waals surface area contributed by atoms with E-state index in [4.69, 9.17) is 4.74 Å². The van der Waals surface area contributed by atoms with Crippen molar-refractivity contribution in [3.8, 4) is 11.3 Å². The van der Waals surface area contributed by atoms with Crippen LogP contribution in [0, 0.1) is 0 Å². The minimum Gasteiger partial charge on any atom is -0.461 e. The molecule has 0 bridgehead atoms. The molecule has 0 radical (unpaired) electrons. The third kappa shape index (κ3) is 2.89. The van der Waals surface area contributed by atoms with Crippen molar-refractivity contribution in [1.82, 2.24) is 14.6 Å². The van der Waals surface area contributed by atoms with E-state index in [1.54, 1.807) is 18.5 Å². The fourth-order valence-corrected chi connectivity index (χ4v) is 1.97. The van der Waals surface area contributed by atoms with Gasteiger partial charge in [0.2, 0.25) is 0 Å². The highest BCUT2D eigenvalue weighted by atomic mass is 32.1. The molecule has 0 aliphatic carbocycles. The van der Waals surface area contributed by atoms with Gasteiger partial charge in [-0.2, -0.15) is 0 Å². The van der Waals surface area contributed by atoms with E-state index < -0.39 is 0 Å². The van der Waals surface area contributed by atoms with Gasteiger partial charge in [0.15, 0.2) is 4.88 Å². The quantitative estimate of drug-likeness (QED) is 0.612. The first-order valence-corrected chi connectivity index (χ1v) is 6.50. The van der Waals surface area contributed by atoms with Gasteiger partial charge in [0.25, 0.3) is 0 Å². The van der Waals surface area contributed by atoms with Gasteiger partial charge in [-0.25, -0.2) is 4.79 Å². The van der Waals surface area contributed by atoms with Gasteiger partial charge in [-0.05, 0) is 30.1 Å². The summed E-state index contributed by atoms with van der Waals surface area (Å²) in [5, 5.41) is 3.96. The fraction of sp³-hybridized carbons (Fsp3) is 0.333. The Kier molecular flexibility index (Phi) is 4.35. The molecule has 0 fully saturated rings. The van der Waals surface area contributed by atoms with Gasteiger partial charge in [0.1, 0.15) is 5.69 Å². The van der Waals surface area contributed by atoms with Crippen LogP contribution in [0.4, 0.5) is 0 Å². The second-order valence-corrected chi connectivity index (χ2v) is 4.44. The molecule has 0 N–H and O–H groups in total. The molecule has 2 aromatic heterocycles. The maximum absolute atomic E-state index is 11.9. The number of rotatable bonds is 5. The molecule has 0 amide bonds. The minimum atomic E-state index is -0.364. The lowest BCUT2D eigenvalue weighted by Crippen LogP contribution is -2.05. The Balaban J connectivity index is 2.15. The van der Waals surface area contributed by atoms with E-state index in [9.17, 15) is 4.79 Å². The topological polar surface area (TPSA) is 65.0 Å². The summed E-state index contributed by atoms with van der Waals surface area (Å²) < 4.78 is 8.97. The molecule has 94 valence electrons. The summed E-state index contributed by atoms with van der Waals surface area (Å²) in [7, 11) is 0. The summed E-state index contributed by atoms with van der Waals surface area (Å²) in [6, 6.07) is 3.63. The first-order valence-electron chi connectivity index (χ1n) is 5.72. The van der Waals surface area contributed by atoms with E-state index in [-0.39, 0.29) is 5.97 Å². The summed E-state index contributed by atoms with van der Waals surface area (Å²) in [6.07, 6.45) is 5.17. The minimum absolute atomic E-state index is 0.364. The highest BCUT2D eigenvalue weighted by Crippen LogP contribution is 2.23. The largest absolute Gasteiger partial charge is 0.461 e. The number of pyridine rings is 1. The van der Waals surface area contributed by atoms with Crippen molar-refractivity contribution in [3.63, 3.8) is 0 Å². The predicted molar refractivity (Wildman–Crippen MR) is 68.3 cm³/mol. The molecule has 0 unspecified atom stereocenters. The van der Waals surface area contributed by atoms with Crippen molar-refractivity contribution < 1.29 is 9.53 Å². The zero-order chi connectivity index (χ0) is 12.8. The molecule has 2 heterocycles. The predicted octanol–water partition coefficient (Wildman–Crippen LogP) is 2.56. The number of esters is 1. The van der Waals surface area contributed by atoms with E-state index >= 15 is 0 Å². The normalized spacial score (nSPS) is 10.3. The molecule has 0 spiro atoms. The van der Waals surface area contributed by atoms with Gasteiger partial charge < -0.3 is 4.74 Å². The van der Waals surface area contributed by atoms with Gasteiger partial charge in [-0.3, -0.25) is 4.98 Å². The number of hydrogen-bond donors (Lipinski definition) is 0. The highest BCUT2D eigenvalue weighted by molar-refractivity contribution is 7.08. The van der Waals surface area contributed by atoms with Crippen molar-refractivity contribution in [1.29, 1.82) is 0 Å². The first kappa shape index (κ1) is 12.6. The Morgan fingerprint density at radius 1 is 1.50 bits per heavy atom. The number of carbonyl (C=O) groups is 1. The van der Waals surface area contributed by atoms with Gasteiger partial charge in [-0.15, -0.1) is 5.10 Å². The Hall–Kier alpha value is -1.82. The second kappa shape index (κ2) is 6.20. The van der Waals surface area contributed by atoms with Crippen molar-refractivity contribution in [2.45, 2.75) is 19.8 Å². The summed E-state index contributed by atoms with van der Waals surface area (Å²) in [5.41, 5.74) is 1.31. The van der Waals surface area contributed by atoms with Crippen LogP contribution in [0.3, 0.4) is 0 Å². The summed E-state index contributed by atoms with van der Waals surface area (Å²) in [6.45, 7) is 2.48. The fourth-order valence-electron chi connectivity index (χ4n) is 1.39. The number of aromatic nitrogens is 3. The number of hydrogen-bond acceptors (Lipinski definition) is 6. The molecule has 0 atom stereocenters. The smallest absolute Gasteiger partial charge is 0.352 e. The Labute approximate surface area is 109 Å². The maximum atomic E-state index is 11.9. The molecule has 0 saturated heterocycles. The average molecular weight is 263 g/mol. The molecule has 0 aromatic carbocycles. The Morgan fingerprint density at radius 2 is 2.39 bits per heavy atom. The zero-order valence-corrected chi connectivity index (χ0v) is 10.8. The SMILES string of the molecule is CCCCOC(=O)c1snnc1-c1cccnc1. The van der Waals surface area contributed by atoms with Crippen LogP contribution >= 0.6 is 11.5 Å². The molecule has 18 heavy (non-hydrogen) atoms. The first-order chi connectivity index (χ1) is 8.83.